The van der Waals surface area contributed by atoms with Crippen LogP contribution >= 0.6 is 0 Å². The number of anilines is 1. The minimum absolute atomic E-state index is 0.116. The molecule has 7 heteroatoms. The van der Waals surface area contributed by atoms with E-state index >= 15 is 0 Å². The van der Waals surface area contributed by atoms with Gasteiger partial charge in [-0.1, -0.05) is 12.8 Å². The third-order valence-electron chi connectivity index (χ3n) is 3.45. The molecule has 2 N–H and O–H groups in total. The van der Waals surface area contributed by atoms with Gasteiger partial charge >= 0.3 is 6.18 Å². The first-order valence-electron chi connectivity index (χ1n) is 6.76. The molecule has 21 heavy (non-hydrogen) atoms. The van der Waals surface area contributed by atoms with Crippen LogP contribution in [0.3, 0.4) is 0 Å². The van der Waals surface area contributed by atoms with E-state index in [2.05, 4.69) is 10.6 Å². The largest absolute Gasteiger partial charge is 0.416 e. The van der Waals surface area contributed by atoms with Crippen molar-refractivity contribution in [3.8, 4) is 0 Å². The number of benzene rings is 1. The Balaban J connectivity index is 1.94. The summed E-state index contributed by atoms with van der Waals surface area (Å²) >= 11 is 0. The second-order valence-corrected chi connectivity index (χ2v) is 5.09. The lowest BCUT2D eigenvalue weighted by atomic mass is 10.2. The number of hydrogen-bond acceptors (Lipinski definition) is 2. The zero-order valence-corrected chi connectivity index (χ0v) is 11.3. The summed E-state index contributed by atoms with van der Waals surface area (Å²) in [5.74, 6) is -1.17. The number of alkyl halides is 3. The Morgan fingerprint density at radius 1 is 1.24 bits per heavy atom. The number of halogens is 4. The van der Waals surface area contributed by atoms with E-state index in [4.69, 9.17) is 0 Å². The molecule has 1 aromatic rings. The molecule has 0 aromatic heterocycles. The van der Waals surface area contributed by atoms with E-state index in [1.807, 2.05) is 0 Å². The highest BCUT2D eigenvalue weighted by atomic mass is 19.4. The summed E-state index contributed by atoms with van der Waals surface area (Å²) in [4.78, 5) is 11.6. The first-order chi connectivity index (χ1) is 9.86. The number of rotatable bonds is 4. The third kappa shape index (κ3) is 4.34. The van der Waals surface area contributed by atoms with Gasteiger partial charge in [0.2, 0.25) is 5.91 Å². The maximum atomic E-state index is 13.5. The van der Waals surface area contributed by atoms with Crippen LogP contribution in [0.2, 0.25) is 0 Å². The minimum Gasteiger partial charge on any atom is -0.374 e. The molecule has 1 fully saturated rings. The Morgan fingerprint density at radius 2 is 1.90 bits per heavy atom. The summed E-state index contributed by atoms with van der Waals surface area (Å²) in [6, 6.07) is 2.18. The van der Waals surface area contributed by atoms with Gasteiger partial charge in [0.25, 0.3) is 0 Å². The van der Waals surface area contributed by atoms with Crippen LogP contribution < -0.4 is 10.6 Å². The molecule has 1 saturated carbocycles. The zero-order valence-electron chi connectivity index (χ0n) is 11.3. The van der Waals surface area contributed by atoms with Crippen molar-refractivity contribution in [1.29, 1.82) is 0 Å². The van der Waals surface area contributed by atoms with Crippen molar-refractivity contribution < 1.29 is 22.4 Å². The summed E-state index contributed by atoms with van der Waals surface area (Å²) in [5.41, 5.74) is -1.28. The third-order valence-corrected chi connectivity index (χ3v) is 3.45. The molecule has 0 atom stereocenters. The highest BCUT2D eigenvalue weighted by Gasteiger charge is 2.31. The highest BCUT2D eigenvalue weighted by Crippen LogP contribution is 2.31. The maximum absolute atomic E-state index is 13.5. The number of carbonyl (C=O) groups excluding carboxylic acids is 1. The number of amides is 1. The van der Waals surface area contributed by atoms with E-state index in [0.717, 1.165) is 31.7 Å². The molecule has 0 unspecified atom stereocenters. The smallest absolute Gasteiger partial charge is 0.374 e. The average molecular weight is 304 g/mol. The van der Waals surface area contributed by atoms with Crippen LogP contribution in [0.25, 0.3) is 0 Å². The van der Waals surface area contributed by atoms with Crippen molar-refractivity contribution >= 4 is 11.6 Å². The summed E-state index contributed by atoms with van der Waals surface area (Å²) in [6.45, 7) is -0.255. The summed E-state index contributed by atoms with van der Waals surface area (Å²) in [6.07, 6.45) is -0.620. The lowest BCUT2D eigenvalue weighted by Crippen LogP contribution is -2.36. The fourth-order valence-corrected chi connectivity index (χ4v) is 2.36. The molecule has 116 valence electrons. The maximum Gasteiger partial charge on any atom is 0.416 e. The van der Waals surface area contributed by atoms with Gasteiger partial charge in [-0.05, 0) is 31.0 Å². The first-order valence-corrected chi connectivity index (χ1v) is 6.76. The van der Waals surface area contributed by atoms with Crippen LogP contribution in [-0.2, 0) is 11.0 Å². The molecule has 1 aliphatic rings. The van der Waals surface area contributed by atoms with Crippen molar-refractivity contribution in [1.82, 2.24) is 5.32 Å². The lowest BCUT2D eigenvalue weighted by molar-refractivity contribution is -0.137. The lowest BCUT2D eigenvalue weighted by Gasteiger charge is -2.14. The summed E-state index contributed by atoms with van der Waals surface area (Å²) in [5, 5.41) is 5.18. The molecule has 3 nitrogen and oxygen atoms in total. The number of carbonyl (C=O) groups is 1. The monoisotopic (exact) mass is 304 g/mol. The topological polar surface area (TPSA) is 41.1 Å². The van der Waals surface area contributed by atoms with E-state index in [1.165, 1.54) is 0 Å². The summed E-state index contributed by atoms with van der Waals surface area (Å²) < 4.78 is 51.1. The van der Waals surface area contributed by atoms with E-state index in [1.54, 1.807) is 0 Å². The van der Waals surface area contributed by atoms with Gasteiger partial charge in [0.05, 0.1) is 17.8 Å². The fraction of sp³-hybridized carbons (Fsp3) is 0.500. The molecule has 1 aromatic carbocycles. The molecular formula is C14H16F4N2O. The van der Waals surface area contributed by atoms with Crippen LogP contribution in [0.4, 0.5) is 23.2 Å². The zero-order chi connectivity index (χ0) is 15.5. The van der Waals surface area contributed by atoms with Crippen molar-refractivity contribution in [3.05, 3.63) is 29.6 Å². The van der Waals surface area contributed by atoms with E-state index in [-0.39, 0.29) is 24.2 Å². The van der Waals surface area contributed by atoms with Crippen LogP contribution in [0.15, 0.2) is 18.2 Å². The molecule has 0 spiro atoms. The number of hydrogen-bond donors (Lipinski definition) is 2. The second kappa shape index (κ2) is 6.32. The molecule has 1 amide bonds. The van der Waals surface area contributed by atoms with Crippen LogP contribution in [0, 0.1) is 5.82 Å². The van der Waals surface area contributed by atoms with Crippen molar-refractivity contribution in [2.24, 2.45) is 0 Å². The molecule has 0 aliphatic heterocycles. The second-order valence-electron chi connectivity index (χ2n) is 5.09. The number of nitrogens with one attached hydrogen (secondary N) is 2. The van der Waals surface area contributed by atoms with Gasteiger partial charge in [0.1, 0.15) is 5.82 Å². The Bertz CT molecular complexity index is 510. The first kappa shape index (κ1) is 15.6. The average Bonchev–Trinajstić information content (AvgIpc) is 2.89. The molecule has 0 saturated heterocycles. The van der Waals surface area contributed by atoms with Crippen molar-refractivity contribution in [2.45, 2.75) is 37.9 Å². The van der Waals surface area contributed by atoms with Crippen molar-refractivity contribution in [2.75, 3.05) is 11.9 Å². The molecule has 0 radical (unpaired) electrons. The van der Waals surface area contributed by atoms with Gasteiger partial charge in [-0.15, -0.1) is 0 Å². The SMILES string of the molecule is O=C(CNc1cc(C(F)(F)F)ccc1F)NC1CCCC1. The Morgan fingerprint density at radius 3 is 2.52 bits per heavy atom. The van der Waals surface area contributed by atoms with Crippen molar-refractivity contribution in [3.63, 3.8) is 0 Å². The van der Waals surface area contributed by atoms with E-state index < -0.39 is 17.6 Å². The van der Waals surface area contributed by atoms with E-state index in [0.29, 0.717) is 12.1 Å². The van der Waals surface area contributed by atoms with E-state index in [9.17, 15) is 22.4 Å². The van der Waals surface area contributed by atoms with Crippen LogP contribution in [0.5, 0.6) is 0 Å². The van der Waals surface area contributed by atoms with Gasteiger partial charge in [-0.2, -0.15) is 13.2 Å². The normalized spacial score (nSPS) is 16.0. The fourth-order valence-electron chi connectivity index (χ4n) is 2.36. The van der Waals surface area contributed by atoms with Gasteiger partial charge in [-0.3, -0.25) is 4.79 Å². The minimum atomic E-state index is -4.55. The highest BCUT2D eigenvalue weighted by molar-refractivity contribution is 5.81. The summed E-state index contributed by atoms with van der Waals surface area (Å²) in [7, 11) is 0. The molecule has 0 bridgehead atoms. The predicted octanol–water partition coefficient (Wildman–Crippen LogP) is 3.32. The van der Waals surface area contributed by atoms with Gasteiger partial charge in [-0.25, -0.2) is 4.39 Å². The Kier molecular flexibility index (Phi) is 4.69. The predicted molar refractivity (Wildman–Crippen MR) is 70.3 cm³/mol. The van der Waals surface area contributed by atoms with Crippen LogP contribution in [0.1, 0.15) is 31.2 Å². The molecule has 1 aliphatic carbocycles. The quantitative estimate of drug-likeness (QED) is 0.838. The standard InChI is InChI=1S/C14H16F4N2O/c15-11-6-5-9(14(16,17)18)7-12(11)19-8-13(21)20-10-3-1-2-4-10/h5-7,10,19H,1-4,8H2,(H,20,21). The van der Waals surface area contributed by atoms with Gasteiger partial charge in [0.15, 0.2) is 0 Å². The Labute approximate surface area is 119 Å². The van der Waals surface area contributed by atoms with Crippen LogP contribution in [-0.4, -0.2) is 18.5 Å². The van der Waals surface area contributed by atoms with Gasteiger partial charge in [0, 0.05) is 6.04 Å². The molecular weight excluding hydrogens is 288 g/mol. The Hall–Kier alpha value is -1.79. The van der Waals surface area contributed by atoms with Gasteiger partial charge < -0.3 is 10.6 Å². The molecule has 2 rings (SSSR count). The molecule has 0 heterocycles.